The molecule has 1 N–H and O–H groups in total. The molecule has 0 bridgehead atoms. The Bertz CT molecular complexity index is 892. The number of rotatable bonds is 4. The van der Waals surface area contributed by atoms with E-state index in [0.29, 0.717) is 11.1 Å². The van der Waals surface area contributed by atoms with Crippen LogP contribution < -0.4 is 5.32 Å². The molecule has 0 heterocycles. The van der Waals surface area contributed by atoms with Crippen LogP contribution in [0, 0.1) is 11.3 Å². The summed E-state index contributed by atoms with van der Waals surface area (Å²) in [5, 5.41) is 11.8. The highest BCUT2D eigenvalue weighted by molar-refractivity contribution is 5.94. The van der Waals surface area contributed by atoms with Gasteiger partial charge in [-0.05, 0) is 47.9 Å². The van der Waals surface area contributed by atoms with Gasteiger partial charge in [0, 0.05) is 5.56 Å². The predicted molar refractivity (Wildman–Crippen MR) is 98.9 cm³/mol. The summed E-state index contributed by atoms with van der Waals surface area (Å²) in [6.45, 7) is 1.96. The highest BCUT2D eigenvalue weighted by atomic mass is 16.1. The molecule has 1 atom stereocenters. The first-order valence-corrected chi connectivity index (χ1v) is 8.14. The summed E-state index contributed by atoms with van der Waals surface area (Å²) in [6.07, 6.45) is 0. The molecule has 122 valence electrons. The number of hydrogen-bond donors (Lipinski definition) is 1. The third-order valence-electron chi connectivity index (χ3n) is 4.14. The van der Waals surface area contributed by atoms with E-state index in [1.54, 1.807) is 24.3 Å². The fraction of sp³-hybridized carbons (Fsp3) is 0.0909. The topological polar surface area (TPSA) is 52.9 Å². The molecular weight excluding hydrogens is 308 g/mol. The predicted octanol–water partition coefficient (Wildman–Crippen LogP) is 4.72. The second-order valence-corrected chi connectivity index (χ2v) is 5.87. The third-order valence-corrected chi connectivity index (χ3v) is 4.14. The minimum atomic E-state index is -0.149. The Hall–Kier alpha value is -3.38. The number of benzene rings is 3. The zero-order valence-electron chi connectivity index (χ0n) is 13.9. The van der Waals surface area contributed by atoms with Crippen molar-refractivity contribution in [1.29, 1.82) is 5.26 Å². The lowest BCUT2D eigenvalue weighted by Crippen LogP contribution is -2.26. The van der Waals surface area contributed by atoms with E-state index in [-0.39, 0.29) is 11.9 Å². The summed E-state index contributed by atoms with van der Waals surface area (Å²) in [4.78, 5) is 12.3. The molecule has 3 nitrogen and oxygen atoms in total. The van der Waals surface area contributed by atoms with Crippen molar-refractivity contribution in [3.05, 3.63) is 95.6 Å². The van der Waals surface area contributed by atoms with Crippen LogP contribution in [0.2, 0.25) is 0 Å². The van der Waals surface area contributed by atoms with Gasteiger partial charge in [-0.15, -0.1) is 0 Å². The third kappa shape index (κ3) is 3.94. The molecule has 0 fully saturated rings. The number of amides is 1. The number of nitrogens with one attached hydrogen (secondary N) is 1. The summed E-state index contributed by atoms with van der Waals surface area (Å²) < 4.78 is 0. The maximum atomic E-state index is 12.3. The van der Waals surface area contributed by atoms with Gasteiger partial charge in [0.1, 0.15) is 0 Å². The van der Waals surface area contributed by atoms with E-state index < -0.39 is 0 Å². The van der Waals surface area contributed by atoms with Gasteiger partial charge in [-0.3, -0.25) is 4.79 Å². The van der Waals surface area contributed by atoms with E-state index in [1.165, 1.54) is 5.56 Å². The fourth-order valence-corrected chi connectivity index (χ4v) is 2.65. The number of carbonyl (C=O) groups is 1. The van der Waals surface area contributed by atoms with Gasteiger partial charge >= 0.3 is 0 Å². The molecule has 3 aromatic carbocycles. The van der Waals surface area contributed by atoms with E-state index in [0.717, 1.165) is 11.1 Å². The normalized spacial score (nSPS) is 11.4. The molecule has 3 aromatic rings. The number of nitrogens with zero attached hydrogens (tertiary/aromatic N) is 1. The largest absolute Gasteiger partial charge is 0.346 e. The summed E-state index contributed by atoms with van der Waals surface area (Å²) in [6, 6.07) is 26.9. The summed E-state index contributed by atoms with van der Waals surface area (Å²) >= 11 is 0. The van der Waals surface area contributed by atoms with Gasteiger partial charge in [0.05, 0.1) is 17.7 Å². The second kappa shape index (κ2) is 7.46. The van der Waals surface area contributed by atoms with Gasteiger partial charge in [0.25, 0.3) is 5.91 Å². The summed E-state index contributed by atoms with van der Waals surface area (Å²) in [7, 11) is 0. The number of carbonyl (C=O) groups excluding carboxylic acids is 1. The Kier molecular flexibility index (Phi) is 4.92. The van der Waals surface area contributed by atoms with Crippen molar-refractivity contribution >= 4 is 5.91 Å². The minimum Gasteiger partial charge on any atom is -0.346 e. The molecule has 0 aromatic heterocycles. The van der Waals surface area contributed by atoms with Crippen LogP contribution in [0.25, 0.3) is 11.1 Å². The van der Waals surface area contributed by atoms with E-state index in [2.05, 4.69) is 29.6 Å². The van der Waals surface area contributed by atoms with Gasteiger partial charge in [-0.1, -0.05) is 54.6 Å². The first-order chi connectivity index (χ1) is 12.2. The Morgan fingerprint density at radius 3 is 2.08 bits per heavy atom. The smallest absolute Gasteiger partial charge is 0.251 e. The zero-order chi connectivity index (χ0) is 17.6. The van der Waals surface area contributed by atoms with Gasteiger partial charge < -0.3 is 5.32 Å². The maximum Gasteiger partial charge on any atom is 0.251 e. The molecular formula is C22H18N2O. The molecule has 0 aliphatic heterocycles. The van der Waals surface area contributed by atoms with Gasteiger partial charge in [-0.25, -0.2) is 0 Å². The van der Waals surface area contributed by atoms with E-state index in [4.69, 9.17) is 5.26 Å². The molecule has 0 aliphatic rings. The molecule has 3 rings (SSSR count). The van der Waals surface area contributed by atoms with Crippen molar-refractivity contribution in [2.45, 2.75) is 13.0 Å². The minimum absolute atomic E-state index is 0.104. The SMILES string of the molecule is CC(NC(=O)c1ccc(C#N)cc1)c1ccc(-c2ccccc2)cc1. The average molecular weight is 326 g/mol. The molecule has 0 saturated heterocycles. The highest BCUT2D eigenvalue weighted by Crippen LogP contribution is 2.22. The zero-order valence-corrected chi connectivity index (χ0v) is 13.9. The van der Waals surface area contributed by atoms with Crippen LogP contribution >= 0.6 is 0 Å². The van der Waals surface area contributed by atoms with Crippen LogP contribution in [0.4, 0.5) is 0 Å². The van der Waals surface area contributed by atoms with Crippen LogP contribution in [0.3, 0.4) is 0 Å². The lowest BCUT2D eigenvalue weighted by molar-refractivity contribution is 0.0940. The number of nitriles is 1. The van der Waals surface area contributed by atoms with Crippen molar-refractivity contribution in [2.75, 3.05) is 0 Å². The average Bonchev–Trinajstić information content (AvgIpc) is 2.68. The molecule has 3 heteroatoms. The van der Waals surface area contributed by atoms with Crippen LogP contribution in [0.15, 0.2) is 78.9 Å². The monoisotopic (exact) mass is 326 g/mol. The van der Waals surface area contributed by atoms with Crippen molar-refractivity contribution < 1.29 is 4.79 Å². The second-order valence-electron chi connectivity index (χ2n) is 5.87. The Labute approximate surface area is 147 Å². The molecule has 0 saturated carbocycles. The van der Waals surface area contributed by atoms with Crippen molar-refractivity contribution in [2.24, 2.45) is 0 Å². The highest BCUT2D eigenvalue weighted by Gasteiger charge is 2.11. The van der Waals surface area contributed by atoms with Crippen LogP contribution in [-0.2, 0) is 0 Å². The summed E-state index contributed by atoms with van der Waals surface area (Å²) in [5.74, 6) is -0.149. The molecule has 25 heavy (non-hydrogen) atoms. The lowest BCUT2D eigenvalue weighted by atomic mass is 10.0. The Balaban J connectivity index is 1.69. The lowest BCUT2D eigenvalue weighted by Gasteiger charge is -2.15. The Morgan fingerprint density at radius 1 is 0.880 bits per heavy atom. The van der Waals surface area contributed by atoms with Crippen LogP contribution in [0.5, 0.6) is 0 Å². The fourth-order valence-electron chi connectivity index (χ4n) is 2.65. The first-order valence-electron chi connectivity index (χ1n) is 8.14. The van der Waals surface area contributed by atoms with Crippen molar-refractivity contribution in [3.63, 3.8) is 0 Å². The Morgan fingerprint density at radius 2 is 1.48 bits per heavy atom. The van der Waals surface area contributed by atoms with E-state index in [1.807, 2.05) is 43.3 Å². The summed E-state index contributed by atoms with van der Waals surface area (Å²) in [5.41, 5.74) is 4.45. The van der Waals surface area contributed by atoms with Gasteiger partial charge in [0.15, 0.2) is 0 Å². The molecule has 0 aliphatic carbocycles. The van der Waals surface area contributed by atoms with Crippen LogP contribution in [0.1, 0.15) is 34.5 Å². The van der Waals surface area contributed by atoms with Crippen molar-refractivity contribution in [3.8, 4) is 17.2 Å². The maximum absolute atomic E-state index is 12.3. The van der Waals surface area contributed by atoms with E-state index >= 15 is 0 Å². The molecule has 1 unspecified atom stereocenters. The molecule has 1 amide bonds. The van der Waals surface area contributed by atoms with Crippen molar-refractivity contribution in [1.82, 2.24) is 5.32 Å². The molecule has 0 radical (unpaired) electrons. The van der Waals surface area contributed by atoms with Crippen LogP contribution in [-0.4, -0.2) is 5.91 Å². The standard InChI is InChI=1S/C22H18N2O/c1-16(24-22(25)21-9-7-17(15-23)8-10-21)18-11-13-20(14-12-18)19-5-3-2-4-6-19/h2-14,16H,1H3,(H,24,25). The first kappa shape index (κ1) is 16.5. The molecule has 0 spiro atoms. The quantitative estimate of drug-likeness (QED) is 0.754. The number of hydrogen-bond acceptors (Lipinski definition) is 2. The van der Waals surface area contributed by atoms with Gasteiger partial charge in [0.2, 0.25) is 0 Å². The van der Waals surface area contributed by atoms with E-state index in [9.17, 15) is 4.79 Å². The van der Waals surface area contributed by atoms with Gasteiger partial charge in [-0.2, -0.15) is 5.26 Å².